The van der Waals surface area contributed by atoms with Crippen LogP contribution < -0.4 is 0 Å². The van der Waals surface area contributed by atoms with E-state index in [1.165, 1.54) is 23.9 Å². The summed E-state index contributed by atoms with van der Waals surface area (Å²) < 4.78 is 12.7. The Morgan fingerprint density at radius 3 is 2.61 bits per heavy atom. The van der Waals surface area contributed by atoms with Crippen molar-refractivity contribution in [1.82, 2.24) is 4.90 Å². The van der Waals surface area contributed by atoms with E-state index in [0.29, 0.717) is 25.3 Å². The molecule has 1 N–H and O–H groups in total. The second-order valence-corrected chi connectivity index (χ2v) is 5.62. The van der Waals surface area contributed by atoms with Crippen molar-refractivity contribution in [3.8, 4) is 0 Å². The van der Waals surface area contributed by atoms with E-state index in [1.54, 1.807) is 17.0 Å². The number of aliphatic hydroxyl groups is 1. The second-order valence-electron chi connectivity index (χ2n) is 4.57. The molecule has 1 aromatic carbocycles. The molecule has 1 aromatic rings. The zero-order valence-electron chi connectivity index (χ0n) is 10.2. The number of likely N-dealkylation sites (tertiary alicyclic amines) is 1. The standard InChI is InChI=1S/C13H16FNO2S/c1-2-13(17)8-15(9-13)12(16)7-18-11-5-3-10(14)4-6-11/h3-6,17H,2,7-9H2,1H3. The number of benzene rings is 1. The Bertz CT molecular complexity index is 429. The van der Waals surface area contributed by atoms with Gasteiger partial charge in [0.05, 0.1) is 24.4 Å². The summed E-state index contributed by atoms with van der Waals surface area (Å²) in [6.45, 7) is 2.76. The van der Waals surface area contributed by atoms with Gasteiger partial charge in [0, 0.05) is 4.90 Å². The molecule has 0 radical (unpaired) electrons. The van der Waals surface area contributed by atoms with Gasteiger partial charge in [0.15, 0.2) is 0 Å². The first kappa shape index (κ1) is 13.4. The Morgan fingerprint density at radius 1 is 1.44 bits per heavy atom. The van der Waals surface area contributed by atoms with Gasteiger partial charge >= 0.3 is 0 Å². The maximum atomic E-state index is 12.7. The third kappa shape index (κ3) is 3.03. The zero-order chi connectivity index (χ0) is 13.2. The maximum Gasteiger partial charge on any atom is 0.233 e. The molecule has 0 bridgehead atoms. The van der Waals surface area contributed by atoms with Crippen LogP contribution in [0.25, 0.3) is 0 Å². The van der Waals surface area contributed by atoms with Gasteiger partial charge in [-0.3, -0.25) is 4.79 Å². The first-order valence-electron chi connectivity index (χ1n) is 5.91. The van der Waals surface area contributed by atoms with Crippen molar-refractivity contribution in [1.29, 1.82) is 0 Å². The molecule has 0 aliphatic carbocycles. The highest BCUT2D eigenvalue weighted by Gasteiger charge is 2.41. The number of carbonyl (C=O) groups excluding carboxylic acids is 1. The van der Waals surface area contributed by atoms with Crippen LogP contribution in [-0.4, -0.2) is 40.4 Å². The minimum atomic E-state index is -0.684. The second kappa shape index (κ2) is 5.28. The minimum absolute atomic E-state index is 0.0162. The van der Waals surface area contributed by atoms with E-state index in [9.17, 15) is 14.3 Å². The van der Waals surface area contributed by atoms with Gasteiger partial charge in [-0.25, -0.2) is 4.39 Å². The van der Waals surface area contributed by atoms with E-state index in [-0.39, 0.29) is 11.7 Å². The van der Waals surface area contributed by atoms with E-state index in [4.69, 9.17) is 0 Å². The van der Waals surface area contributed by atoms with Gasteiger partial charge in [-0.05, 0) is 30.7 Å². The minimum Gasteiger partial charge on any atom is -0.386 e. The molecular weight excluding hydrogens is 253 g/mol. The number of hydrogen-bond acceptors (Lipinski definition) is 3. The summed E-state index contributed by atoms with van der Waals surface area (Å²) in [6, 6.07) is 6.08. The highest BCUT2D eigenvalue weighted by atomic mass is 32.2. The fraction of sp³-hybridized carbons (Fsp3) is 0.462. The molecule has 1 fully saturated rings. The predicted molar refractivity (Wildman–Crippen MR) is 68.9 cm³/mol. The van der Waals surface area contributed by atoms with Gasteiger partial charge < -0.3 is 10.0 Å². The van der Waals surface area contributed by atoms with E-state index in [1.807, 2.05) is 6.92 Å². The Kier molecular flexibility index (Phi) is 3.92. The number of nitrogens with zero attached hydrogens (tertiary/aromatic N) is 1. The number of β-amino-alcohol motifs (C(OH)–C–C–N with tert-alkyl or cyclic N) is 1. The zero-order valence-corrected chi connectivity index (χ0v) is 11.0. The molecule has 0 atom stereocenters. The maximum absolute atomic E-state index is 12.7. The first-order chi connectivity index (χ1) is 8.52. The highest BCUT2D eigenvalue weighted by Crippen LogP contribution is 2.26. The van der Waals surface area contributed by atoms with Crippen LogP contribution in [0.4, 0.5) is 4.39 Å². The molecule has 3 nitrogen and oxygen atoms in total. The van der Waals surface area contributed by atoms with Crippen LogP contribution in [0, 0.1) is 5.82 Å². The largest absolute Gasteiger partial charge is 0.386 e. The van der Waals surface area contributed by atoms with Crippen molar-refractivity contribution >= 4 is 17.7 Å². The van der Waals surface area contributed by atoms with Crippen molar-refractivity contribution in [2.24, 2.45) is 0 Å². The predicted octanol–water partition coefficient (Wildman–Crippen LogP) is 1.90. The molecule has 0 unspecified atom stereocenters. The van der Waals surface area contributed by atoms with Gasteiger partial charge in [0.25, 0.3) is 0 Å². The van der Waals surface area contributed by atoms with Gasteiger partial charge in [-0.1, -0.05) is 6.92 Å². The fourth-order valence-electron chi connectivity index (χ4n) is 1.83. The molecule has 0 aromatic heterocycles. The van der Waals surface area contributed by atoms with Gasteiger partial charge in [0.1, 0.15) is 5.82 Å². The lowest BCUT2D eigenvalue weighted by atomic mass is 9.91. The van der Waals surface area contributed by atoms with Crippen molar-refractivity contribution in [2.75, 3.05) is 18.8 Å². The summed E-state index contributed by atoms with van der Waals surface area (Å²) in [5, 5.41) is 9.81. The molecule has 0 spiro atoms. The SMILES string of the molecule is CCC1(O)CN(C(=O)CSc2ccc(F)cc2)C1. The Balaban J connectivity index is 1.78. The van der Waals surface area contributed by atoms with Gasteiger partial charge in [-0.2, -0.15) is 0 Å². The summed E-state index contributed by atoms with van der Waals surface area (Å²) in [5.41, 5.74) is -0.684. The third-order valence-corrected chi connectivity index (χ3v) is 4.15. The number of amides is 1. The molecule has 18 heavy (non-hydrogen) atoms. The number of rotatable bonds is 4. The number of halogens is 1. The van der Waals surface area contributed by atoms with Crippen LogP contribution in [-0.2, 0) is 4.79 Å². The van der Waals surface area contributed by atoms with Crippen molar-refractivity contribution in [3.63, 3.8) is 0 Å². The molecule has 1 aliphatic heterocycles. The van der Waals surface area contributed by atoms with E-state index >= 15 is 0 Å². The quantitative estimate of drug-likeness (QED) is 0.849. The number of carbonyl (C=O) groups is 1. The Hall–Kier alpha value is -1.07. The summed E-state index contributed by atoms with van der Waals surface area (Å²) in [7, 11) is 0. The third-order valence-electron chi connectivity index (χ3n) is 3.16. The van der Waals surface area contributed by atoms with Gasteiger partial charge in [0.2, 0.25) is 5.91 Å². The molecule has 1 amide bonds. The van der Waals surface area contributed by atoms with E-state index < -0.39 is 5.60 Å². The van der Waals surface area contributed by atoms with Crippen molar-refractivity contribution < 1.29 is 14.3 Å². The number of thioether (sulfide) groups is 1. The van der Waals surface area contributed by atoms with Crippen LogP contribution in [0.3, 0.4) is 0 Å². The molecular formula is C13H16FNO2S. The topological polar surface area (TPSA) is 40.5 Å². The normalized spacial score (nSPS) is 17.4. The summed E-state index contributed by atoms with van der Waals surface area (Å²) in [5.74, 6) is 0.0645. The lowest BCUT2D eigenvalue weighted by Gasteiger charge is -2.46. The number of hydrogen-bond donors (Lipinski definition) is 1. The van der Waals surface area contributed by atoms with Crippen LogP contribution in [0.5, 0.6) is 0 Å². The van der Waals surface area contributed by atoms with Gasteiger partial charge in [-0.15, -0.1) is 11.8 Å². The Labute approximate surface area is 110 Å². The average Bonchev–Trinajstić information content (AvgIpc) is 2.34. The lowest BCUT2D eigenvalue weighted by Crippen LogP contribution is -2.63. The molecule has 2 rings (SSSR count). The van der Waals surface area contributed by atoms with Crippen molar-refractivity contribution in [3.05, 3.63) is 30.1 Å². The average molecular weight is 269 g/mol. The molecule has 1 heterocycles. The molecule has 1 saturated heterocycles. The smallest absolute Gasteiger partial charge is 0.233 e. The molecule has 98 valence electrons. The lowest BCUT2D eigenvalue weighted by molar-refractivity contribution is -0.152. The molecule has 1 aliphatic rings. The van der Waals surface area contributed by atoms with E-state index in [2.05, 4.69) is 0 Å². The van der Waals surface area contributed by atoms with Crippen LogP contribution in [0.2, 0.25) is 0 Å². The molecule has 0 saturated carbocycles. The van der Waals surface area contributed by atoms with Crippen LogP contribution in [0.15, 0.2) is 29.2 Å². The van der Waals surface area contributed by atoms with E-state index in [0.717, 1.165) is 4.90 Å². The van der Waals surface area contributed by atoms with Crippen molar-refractivity contribution in [2.45, 2.75) is 23.8 Å². The first-order valence-corrected chi connectivity index (χ1v) is 6.89. The van der Waals surface area contributed by atoms with Crippen LogP contribution >= 0.6 is 11.8 Å². The summed E-state index contributed by atoms with van der Waals surface area (Å²) >= 11 is 1.38. The fourth-order valence-corrected chi connectivity index (χ4v) is 2.63. The Morgan fingerprint density at radius 2 is 2.06 bits per heavy atom. The van der Waals surface area contributed by atoms with Crippen LogP contribution in [0.1, 0.15) is 13.3 Å². The monoisotopic (exact) mass is 269 g/mol. The molecule has 5 heteroatoms. The highest BCUT2D eigenvalue weighted by molar-refractivity contribution is 8.00. The summed E-state index contributed by atoms with van der Waals surface area (Å²) in [4.78, 5) is 14.3. The summed E-state index contributed by atoms with van der Waals surface area (Å²) in [6.07, 6.45) is 0.669.